The van der Waals surface area contributed by atoms with E-state index in [0.29, 0.717) is 15.9 Å². The summed E-state index contributed by atoms with van der Waals surface area (Å²) in [5.74, 6) is 0.699. The lowest BCUT2D eigenvalue weighted by Gasteiger charge is -2.54. The van der Waals surface area contributed by atoms with Crippen LogP contribution in [0.25, 0.3) is 11.1 Å². The summed E-state index contributed by atoms with van der Waals surface area (Å²) < 4.78 is 0.291. The van der Waals surface area contributed by atoms with Crippen molar-refractivity contribution in [3.05, 3.63) is 119 Å². The second-order valence-corrected chi connectivity index (χ2v) is 15.6. The maximum Gasteiger partial charge on any atom is 0.0402 e. The molecule has 0 radical (unpaired) electrons. The molecule has 0 bridgehead atoms. The average Bonchev–Trinajstić information content (AvgIpc) is 3.21. The molecular weight excluding hydrogens is 464 g/mol. The molecule has 2 fully saturated rings. The number of allylic oxidation sites excluding steroid dienone is 6. The Morgan fingerprint density at radius 1 is 0.892 bits per heavy atom. The molecule has 2 spiro atoms. The largest absolute Gasteiger partial charge is 0.195 e. The monoisotopic (exact) mass is 504 g/mol. The van der Waals surface area contributed by atoms with E-state index in [0.717, 1.165) is 18.1 Å². The standard InChI is InChI=1S/C36H40S/c1-5-8-9-10-11-16-27-24-26-22-25(4)23-33(26)37(27)34-30(7-3)36(35(34,37)21-6-2)31-19-14-12-17-28(31)29-18-13-15-20-32(29)36/h5-6,12-15,17-20,22-24,30,33-34H,1-2,7-11,16,21H2,3-4H3. The Kier molecular flexibility index (Phi) is 5.26. The van der Waals surface area contributed by atoms with Crippen LogP contribution in [0.1, 0.15) is 69.9 Å². The van der Waals surface area contributed by atoms with E-state index in [1.165, 1.54) is 48.8 Å². The van der Waals surface area contributed by atoms with Crippen molar-refractivity contribution in [1.29, 1.82) is 0 Å². The Morgan fingerprint density at radius 3 is 2.24 bits per heavy atom. The molecule has 2 aliphatic heterocycles. The van der Waals surface area contributed by atoms with E-state index in [9.17, 15) is 0 Å². The summed E-state index contributed by atoms with van der Waals surface area (Å²) in [5.41, 5.74) is 9.42. The fraction of sp³-hybridized carbons (Fsp3) is 0.389. The summed E-state index contributed by atoms with van der Waals surface area (Å²) in [6, 6.07) is 18.9. The highest BCUT2D eigenvalue weighted by molar-refractivity contribution is 8.45. The van der Waals surface area contributed by atoms with Gasteiger partial charge in [-0.05, 0) is 83.8 Å². The third-order valence-corrected chi connectivity index (χ3v) is 16.1. The molecule has 7 rings (SSSR count). The molecular formula is C36H40S. The van der Waals surface area contributed by atoms with Crippen LogP contribution in [0.4, 0.5) is 0 Å². The molecule has 5 aliphatic rings. The van der Waals surface area contributed by atoms with Gasteiger partial charge < -0.3 is 0 Å². The maximum atomic E-state index is 4.40. The van der Waals surface area contributed by atoms with Crippen molar-refractivity contribution in [3.63, 3.8) is 0 Å². The van der Waals surface area contributed by atoms with Gasteiger partial charge in [-0.3, -0.25) is 0 Å². The van der Waals surface area contributed by atoms with Gasteiger partial charge in [0.05, 0.1) is 0 Å². The van der Waals surface area contributed by atoms with Crippen LogP contribution < -0.4 is 0 Å². The van der Waals surface area contributed by atoms with Gasteiger partial charge in [-0.15, -0.1) is 13.2 Å². The second-order valence-electron chi connectivity index (χ2n) is 11.9. The fourth-order valence-corrected chi connectivity index (χ4v) is 17.3. The number of hydrogen-bond acceptors (Lipinski definition) is 0. The van der Waals surface area contributed by atoms with Crippen LogP contribution in [0.2, 0.25) is 0 Å². The molecule has 0 amide bonds. The molecule has 1 heteroatoms. The lowest BCUT2D eigenvalue weighted by Crippen LogP contribution is -2.60. The third kappa shape index (κ3) is 2.53. The normalized spacial score (nSPS) is 34.3. The van der Waals surface area contributed by atoms with Crippen LogP contribution in [0.5, 0.6) is 0 Å². The van der Waals surface area contributed by atoms with Crippen molar-refractivity contribution in [2.75, 3.05) is 0 Å². The van der Waals surface area contributed by atoms with Gasteiger partial charge in [0, 0.05) is 20.7 Å². The zero-order valence-electron chi connectivity index (χ0n) is 22.5. The molecule has 0 aromatic heterocycles. The van der Waals surface area contributed by atoms with Crippen molar-refractivity contribution in [3.8, 4) is 11.1 Å². The third-order valence-electron chi connectivity index (χ3n) is 10.5. The molecule has 2 aromatic rings. The average molecular weight is 505 g/mol. The molecule has 190 valence electrons. The van der Waals surface area contributed by atoms with Crippen molar-refractivity contribution >= 4 is 10.0 Å². The van der Waals surface area contributed by atoms with Crippen molar-refractivity contribution in [2.45, 2.75) is 79.5 Å². The highest BCUT2D eigenvalue weighted by atomic mass is 32.3. The SMILES string of the molecule is C=CCCCCCC1=CC2=CC(C)=CC2S12C1C(CC)C3(c4ccccc4-c4ccccc43)C12CC=C. The first-order valence-electron chi connectivity index (χ1n) is 14.5. The Morgan fingerprint density at radius 2 is 1.59 bits per heavy atom. The number of fused-ring (bicyclic) bond motifs is 11. The first-order valence-corrected chi connectivity index (χ1v) is 16.2. The zero-order chi connectivity index (χ0) is 25.4. The summed E-state index contributed by atoms with van der Waals surface area (Å²) in [6.07, 6.45) is 20.9. The molecule has 5 unspecified atom stereocenters. The van der Waals surface area contributed by atoms with E-state index < -0.39 is 10.0 Å². The predicted octanol–water partition coefficient (Wildman–Crippen LogP) is 9.78. The topological polar surface area (TPSA) is 0 Å². The summed E-state index contributed by atoms with van der Waals surface area (Å²) in [7, 11) is -1.02. The minimum atomic E-state index is -1.02. The Labute approximate surface area is 225 Å². The van der Waals surface area contributed by atoms with Crippen molar-refractivity contribution in [2.24, 2.45) is 5.92 Å². The molecule has 2 aromatic carbocycles. The predicted molar refractivity (Wildman–Crippen MR) is 162 cm³/mol. The lowest BCUT2D eigenvalue weighted by atomic mass is 9.47. The van der Waals surface area contributed by atoms with Gasteiger partial charge >= 0.3 is 0 Å². The summed E-state index contributed by atoms with van der Waals surface area (Å²) >= 11 is 0. The minimum absolute atomic E-state index is 0.116. The van der Waals surface area contributed by atoms with Crippen LogP contribution >= 0.6 is 10.0 Å². The molecule has 3 aliphatic carbocycles. The van der Waals surface area contributed by atoms with E-state index in [1.54, 1.807) is 16.7 Å². The Balaban J connectivity index is 1.43. The second kappa shape index (κ2) is 8.24. The van der Waals surface area contributed by atoms with E-state index in [4.69, 9.17) is 0 Å². The van der Waals surface area contributed by atoms with Gasteiger partial charge in [-0.25, -0.2) is 0 Å². The maximum absolute atomic E-state index is 4.40. The van der Waals surface area contributed by atoms with Gasteiger partial charge in [0.1, 0.15) is 0 Å². The van der Waals surface area contributed by atoms with Crippen molar-refractivity contribution < 1.29 is 0 Å². The minimum Gasteiger partial charge on any atom is -0.195 e. The smallest absolute Gasteiger partial charge is 0.0402 e. The van der Waals surface area contributed by atoms with Gasteiger partial charge in [0.2, 0.25) is 0 Å². The van der Waals surface area contributed by atoms with Crippen LogP contribution in [-0.4, -0.2) is 15.2 Å². The summed E-state index contributed by atoms with van der Waals surface area (Å²) in [5, 5.41) is 1.42. The number of rotatable bonds is 9. The zero-order valence-corrected chi connectivity index (χ0v) is 23.3. The van der Waals surface area contributed by atoms with Crippen LogP contribution in [-0.2, 0) is 5.41 Å². The van der Waals surface area contributed by atoms with E-state index in [1.807, 2.05) is 4.91 Å². The summed E-state index contributed by atoms with van der Waals surface area (Å²) in [4.78, 5) is 1.84. The molecule has 0 nitrogen and oxygen atoms in total. The number of hydrogen-bond donors (Lipinski definition) is 0. The Bertz CT molecular complexity index is 1360. The van der Waals surface area contributed by atoms with Crippen LogP contribution in [0.3, 0.4) is 0 Å². The van der Waals surface area contributed by atoms with E-state index >= 15 is 0 Å². The molecule has 2 heterocycles. The van der Waals surface area contributed by atoms with Gasteiger partial charge in [0.15, 0.2) is 0 Å². The highest BCUT2D eigenvalue weighted by Gasteiger charge is 2.94. The van der Waals surface area contributed by atoms with Crippen molar-refractivity contribution in [1.82, 2.24) is 0 Å². The van der Waals surface area contributed by atoms with Crippen LogP contribution in [0, 0.1) is 5.92 Å². The number of benzene rings is 2. The highest BCUT2D eigenvalue weighted by Crippen LogP contribution is 3.05. The first-order chi connectivity index (χ1) is 18.1. The molecule has 1 saturated heterocycles. The van der Waals surface area contributed by atoms with Crippen LogP contribution in [0.15, 0.2) is 108 Å². The molecule has 1 saturated carbocycles. The van der Waals surface area contributed by atoms with Gasteiger partial charge in [0.25, 0.3) is 0 Å². The van der Waals surface area contributed by atoms with E-state index in [2.05, 4.69) is 106 Å². The Hall–Kier alpha value is -2.51. The molecule has 5 atom stereocenters. The fourth-order valence-electron chi connectivity index (χ4n) is 9.67. The molecule has 37 heavy (non-hydrogen) atoms. The first kappa shape index (κ1) is 23.6. The van der Waals surface area contributed by atoms with E-state index in [-0.39, 0.29) is 5.41 Å². The quantitative estimate of drug-likeness (QED) is 0.181. The van der Waals surface area contributed by atoms with Gasteiger partial charge in [-0.2, -0.15) is 10.0 Å². The lowest BCUT2D eigenvalue weighted by molar-refractivity contribution is 0.151. The molecule has 0 N–H and O–H groups in total. The van der Waals surface area contributed by atoms with Gasteiger partial charge in [-0.1, -0.05) is 98.2 Å². The summed E-state index contributed by atoms with van der Waals surface area (Å²) in [6.45, 7) is 13.1. The number of unbranched alkanes of at least 4 members (excludes halogenated alkanes) is 3.